The second kappa shape index (κ2) is 10.1. The van der Waals surface area contributed by atoms with Gasteiger partial charge in [-0.3, -0.25) is 4.79 Å². The number of aryl methyl sites for hydroxylation is 1. The Balaban J connectivity index is 1.78. The van der Waals surface area contributed by atoms with Gasteiger partial charge in [0, 0.05) is 17.3 Å². The van der Waals surface area contributed by atoms with Crippen LogP contribution in [0.1, 0.15) is 51.7 Å². The number of aromatic amines is 1. The van der Waals surface area contributed by atoms with E-state index in [1.54, 1.807) is 36.4 Å². The number of nitrogens with zero attached hydrogens (tertiary/aromatic N) is 4. The van der Waals surface area contributed by atoms with Crippen molar-refractivity contribution in [3.8, 4) is 22.5 Å². The van der Waals surface area contributed by atoms with E-state index in [2.05, 4.69) is 20.6 Å². The number of rotatable bonds is 9. The quantitative estimate of drug-likeness (QED) is 0.334. The molecule has 35 heavy (non-hydrogen) atoms. The minimum absolute atomic E-state index is 0.0579. The summed E-state index contributed by atoms with van der Waals surface area (Å²) in [7, 11) is 0. The number of aromatic nitrogens is 5. The molecule has 0 aliphatic rings. The molecule has 0 aliphatic heterocycles. The lowest BCUT2D eigenvalue weighted by atomic mass is 9.93. The molecule has 4 rings (SSSR count). The number of carboxylic acids is 2. The number of H-pyrrole nitrogens is 1. The first-order valence-corrected chi connectivity index (χ1v) is 11.1. The maximum absolute atomic E-state index is 12.8. The molecular weight excluding hydrogens is 450 g/mol. The zero-order valence-electron chi connectivity index (χ0n) is 18.9. The maximum Gasteiger partial charge on any atom is 0.336 e. The normalized spacial score (nSPS) is 10.9. The lowest BCUT2D eigenvalue weighted by Crippen LogP contribution is -2.25. The van der Waals surface area contributed by atoms with Crippen molar-refractivity contribution >= 4 is 11.9 Å². The predicted molar refractivity (Wildman–Crippen MR) is 127 cm³/mol. The largest absolute Gasteiger partial charge is 0.478 e. The van der Waals surface area contributed by atoms with E-state index in [4.69, 9.17) is 0 Å². The number of unbranched alkanes of at least 4 members (excludes halogenated alkanes) is 1. The van der Waals surface area contributed by atoms with Crippen LogP contribution < -0.4 is 5.56 Å². The van der Waals surface area contributed by atoms with Crippen molar-refractivity contribution in [2.45, 2.75) is 32.7 Å². The molecule has 2 aromatic carbocycles. The Kier molecular flexibility index (Phi) is 6.81. The van der Waals surface area contributed by atoms with Crippen molar-refractivity contribution in [3.63, 3.8) is 0 Å². The lowest BCUT2D eigenvalue weighted by molar-refractivity contribution is 0.0686. The highest BCUT2D eigenvalue weighted by Crippen LogP contribution is 2.32. The van der Waals surface area contributed by atoms with Gasteiger partial charge in [-0.1, -0.05) is 49.7 Å². The van der Waals surface area contributed by atoms with Gasteiger partial charge in [-0.05, 0) is 52.1 Å². The van der Waals surface area contributed by atoms with Crippen molar-refractivity contribution in [2.75, 3.05) is 0 Å². The van der Waals surface area contributed by atoms with E-state index in [1.165, 1.54) is 16.7 Å². The molecule has 2 heterocycles. The molecule has 0 aliphatic carbocycles. The molecular formula is C25H23N5O5. The van der Waals surface area contributed by atoms with Crippen molar-refractivity contribution in [2.24, 2.45) is 0 Å². The smallest absolute Gasteiger partial charge is 0.336 e. The number of carbonyl (C=O) groups is 2. The molecule has 3 N–H and O–H groups in total. The van der Waals surface area contributed by atoms with Crippen LogP contribution in [-0.2, 0) is 13.0 Å². The summed E-state index contributed by atoms with van der Waals surface area (Å²) >= 11 is 0. The summed E-state index contributed by atoms with van der Waals surface area (Å²) in [5, 5.41) is 33.2. The van der Waals surface area contributed by atoms with Crippen LogP contribution in [0.15, 0.2) is 59.4 Å². The highest BCUT2D eigenvalue weighted by atomic mass is 16.4. The summed E-state index contributed by atoms with van der Waals surface area (Å²) < 4.78 is 1.50. The van der Waals surface area contributed by atoms with Gasteiger partial charge in [0.1, 0.15) is 0 Å². The van der Waals surface area contributed by atoms with Gasteiger partial charge in [0.15, 0.2) is 5.82 Å². The van der Waals surface area contributed by atoms with Crippen LogP contribution in [0.25, 0.3) is 22.5 Å². The SMILES string of the molecule is CCCCc1cc(C(=O)O)cc(=O)n1Cc1ccc(-c2ccccc2-c2nnn[nH]2)c(C(=O)O)c1. The zero-order valence-corrected chi connectivity index (χ0v) is 18.9. The lowest BCUT2D eigenvalue weighted by Gasteiger charge is -2.16. The van der Waals surface area contributed by atoms with Crippen LogP contribution in [0.2, 0.25) is 0 Å². The minimum atomic E-state index is -1.16. The number of hydrogen-bond donors (Lipinski definition) is 3. The van der Waals surface area contributed by atoms with E-state index >= 15 is 0 Å². The van der Waals surface area contributed by atoms with Crippen LogP contribution in [0.5, 0.6) is 0 Å². The van der Waals surface area contributed by atoms with Gasteiger partial charge in [-0.2, -0.15) is 0 Å². The van der Waals surface area contributed by atoms with Gasteiger partial charge < -0.3 is 14.8 Å². The van der Waals surface area contributed by atoms with E-state index in [0.29, 0.717) is 40.2 Å². The summed E-state index contributed by atoms with van der Waals surface area (Å²) in [5.74, 6) is -1.87. The van der Waals surface area contributed by atoms with Gasteiger partial charge in [0.05, 0.1) is 17.7 Å². The molecule has 0 spiro atoms. The third-order valence-corrected chi connectivity index (χ3v) is 5.72. The van der Waals surface area contributed by atoms with Crippen molar-refractivity contribution < 1.29 is 19.8 Å². The Bertz CT molecular complexity index is 1440. The summed E-state index contributed by atoms with van der Waals surface area (Å²) in [6.07, 6.45) is 2.20. The first-order chi connectivity index (χ1) is 16.9. The Morgan fingerprint density at radius 2 is 1.74 bits per heavy atom. The second-order valence-corrected chi connectivity index (χ2v) is 8.05. The fourth-order valence-electron chi connectivity index (χ4n) is 4.00. The molecule has 0 radical (unpaired) electrons. The summed E-state index contributed by atoms with van der Waals surface area (Å²) in [5.41, 5.74) is 2.53. The fourth-order valence-corrected chi connectivity index (χ4v) is 4.00. The van der Waals surface area contributed by atoms with E-state index in [-0.39, 0.29) is 17.7 Å². The number of tetrazole rings is 1. The third kappa shape index (κ3) is 5.01. The number of nitrogens with one attached hydrogen (secondary N) is 1. The first kappa shape index (κ1) is 23.6. The summed E-state index contributed by atoms with van der Waals surface area (Å²) in [4.78, 5) is 36.4. The van der Waals surface area contributed by atoms with Crippen LogP contribution in [0, 0.1) is 0 Å². The second-order valence-electron chi connectivity index (χ2n) is 8.05. The molecule has 0 saturated heterocycles. The molecule has 10 nitrogen and oxygen atoms in total. The van der Waals surface area contributed by atoms with E-state index in [1.807, 2.05) is 6.92 Å². The number of carboxylic acid groups (broad SMARTS) is 2. The number of aromatic carboxylic acids is 2. The van der Waals surface area contributed by atoms with E-state index in [9.17, 15) is 24.6 Å². The summed E-state index contributed by atoms with van der Waals surface area (Å²) in [6, 6.07) is 14.8. The molecule has 0 fully saturated rings. The summed E-state index contributed by atoms with van der Waals surface area (Å²) in [6.45, 7) is 2.13. The maximum atomic E-state index is 12.8. The van der Waals surface area contributed by atoms with Crippen LogP contribution >= 0.6 is 0 Å². The van der Waals surface area contributed by atoms with Gasteiger partial charge >= 0.3 is 11.9 Å². The molecule has 4 aromatic rings. The van der Waals surface area contributed by atoms with Crippen molar-refractivity contribution in [1.29, 1.82) is 0 Å². The number of benzene rings is 2. The average Bonchev–Trinajstić information content (AvgIpc) is 3.39. The van der Waals surface area contributed by atoms with Gasteiger partial charge in [0.25, 0.3) is 5.56 Å². The molecule has 0 atom stereocenters. The molecule has 0 amide bonds. The van der Waals surface area contributed by atoms with E-state index < -0.39 is 17.5 Å². The third-order valence-electron chi connectivity index (χ3n) is 5.72. The highest BCUT2D eigenvalue weighted by Gasteiger charge is 2.18. The molecule has 0 saturated carbocycles. The molecule has 10 heteroatoms. The molecule has 178 valence electrons. The Labute approximate surface area is 199 Å². The topological polar surface area (TPSA) is 151 Å². The number of hydrogen-bond acceptors (Lipinski definition) is 6. The Morgan fingerprint density at radius 1 is 0.971 bits per heavy atom. The van der Waals surface area contributed by atoms with Crippen LogP contribution in [-0.4, -0.2) is 47.3 Å². The molecule has 2 aromatic heterocycles. The van der Waals surface area contributed by atoms with Crippen molar-refractivity contribution in [3.05, 3.63) is 87.3 Å². The standard InChI is InChI=1S/C25H23N5O5/c1-2-3-6-17-12-16(24(32)33)13-22(31)30(17)14-15-9-10-19(21(11-15)25(34)35)18-7-4-5-8-20(18)23-26-28-29-27-23/h4-5,7-13H,2-3,6,14H2,1H3,(H,32,33)(H,34,35)(H,26,27,28,29). The van der Waals surface area contributed by atoms with Gasteiger partial charge in [0.2, 0.25) is 0 Å². The molecule has 0 bridgehead atoms. The molecule has 0 unspecified atom stereocenters. The highest BCUT2D eigenvalue weighted by molar-refractivity contribution is 5.98. The minimum Gasteiger partial charge on any atom is -0.478 e. The van der Waals surface area contributed by atoms with Crippen LogP contribution in [0.3, 0.4) is 0 Å². The monoisotopic (exact) mass is 473 g/mol. The van der Waals surface area contributed by atoms with E-state index in [0.717, 1.165) is 18.9 Å². The number of pyridine rings is 1. The Morgan fingerprint density at radius 3 is 2.40 bits per heavy atom. The van der Waals surface area contributed by atoms with Crippen molar-refractivity contribution in [1.82, 2.24) is 25.2 Å². The first-order valence-electron chi connectivity index (χ1n) is 11.1. The fraction of sp³-hybridized carbons (Fsp3) is 0.200. The average molecular weight is 473 g/mol. The zero-order chi connectivity index (χ0) is 24.9. The Hall–Kier alpha value is -4.60. The van der Waals surface area contributed by atoms with Gasteiger partial charge in [-0.25, -0.2) is 14.7 Å². The predicted octanol–water partition coefficient (Wildman–Crippen LogP) is 3.48. The van der Waals surface area contributed by atoms with Crippen LogP contribution in [0.4, 0.5) is 0 Å². The van der Waals surface area contributed by atoms with Gasteiger partial charge in [-0.15, -0.1) is 5.10 Å².